The second-order valence-electron chi connectivity index (χ2n) is 5.36. The van der Waals surface area contributed by atoms with E-state index in [4.69, 9.17) is 0 Å². The third-order valence-electron chi connectivity index (χ3n) is 2.61. The lowest BCUT2D eigenvalue weighted by atomic mass is 9.85. The Morgan fingerprint density at radius 2 is 1.62 bits per heavy atom. The molecule has 0 aliphatic heterocycles. The molecular weight excluding hydrogens is 176 g/mol. The topological polar surface area (TPSA) is 20.2 Å². The molecule has 0 aromatic carbocycles. The summed E-state index contributed by atoms with van der Waals surface area (Å²) in [4.78, 5) is 0. The van der Waals surface area contributed by atoms with Crippen molar-refractivity contribution in [1.29, 1.82) is 0 Å². The van der Waals surface area contributed by atoms with Gasteiger partial charge in [0.1, 0.15) is 0 Å². The maximum atomic E-state index is 10.2. The predicted octanol–water partition coefficient (Wildman–Crippen LogP) is 3.12. The van der Waals surface area contributed by atoms with E-state index in [0.717, 1.165) is 12.8 Å². The van der Waals surface area contributed by atoms with Gasteiger partial charge in [-0.2, -0.15) is 0 Å². The second-order valence-corrected chi connectivity index (χ2v) is 10.4. The van der Waals surface area contributed by atoms with Crippen molar-refractivity contribution in [3.63, 3.8) is 0 Å². The molecule has 0 aromatic heterocycles. The summed E-state index contributed by atoms with van der Waals surface area (Å²) in [7, 11) is -1.13. The minimum Gasteiger partial charge on any atom is -0.386 e. The van der Waals surface area contributed by atoms with Gasteiger partial charge >= 0.3 is 0 Å². The minimum absolute atomic E-state index is 0.460. The third kappa shape index (κ3) is 4.10. The molecule has 1 aliphatic rings. The Labute approximate surface area is 82.9 Å². The van der Waals surface area contributed by atoms with Gasteiger partial charge in [-0.15, -0.1) is 0 Å². The highest BCUT2D eigenvalue weighted by molar-refractivity contribution is 6.80. The molecule has 1 fully saturated rings. The average Bonchev–Trinajstić information content (AvgIpc) is 2.02. The standard InChI is InChI=1S/C11H22OSi/c1-13(2,3)10-9-11(12)7-5-4-6-8-11/h9-10,12H,4-8H2,1-3H3. The third-order valence-corrected chi connectivity index (χ3v) is 3.78. The van der Waals surface area contributed by atoms with Crippen molar-refractivity contribution in [1.82, 2.24) is 0 Å². The zero-order chi connectivity index (χ0) is 9.95. The Bertz CT molecular complexity index is 185. The minimum atomic E-state index is -1.13. The van der Waals surface area contributed by atoms with Gasteiger partial charge in [-0.25, -0.2) is 0 Å². The highest BCUT2D eigenvalue weighted by Crippen LogP contribution is 2.29. The monoisotopic (exact) mass is 198 g/mol. The smallest absolute Gasteiger partial charge is 0.0824 e. The lowest BCUT2D eigenvalue weighted by Crippen LogP contribution is -2.30. The van der Waals surface area contributed by atoms with Gasteiger partial charge in [0.2, 0.25) is 0 Å². The van der Waals surface area contributed by atoms with Gasteiger partial charge in [0.15, 0.2) is 0 Å². The second kappa shape index (κ2) is 3.97. The van der Waals surface area contributed by atoms with Crippen molar-refractivity contribution < 1.29 is 5.11 Å². The molecule has 1 aliphatic carbocycles. The van der Waals surface area contributed by atoms with Crippen LogP contribution in [0.2, 0.25) is 19.6 Å². The van der Waals surface area contributed by atoms with Crippen LogP contribution in [-0.4, -0.2) is 18.8 Å². The van der Waals surface area contributed by atoms with Crippen LogP contribution in [0.4, 0.5) is 0 Å². The molecule has 0 atom stereocenters. The normalized spacial score (nSPS) is 23.7. The van der Waals surface area contributed by atoms with Crippen molar-refractivity contribution in [2.45, 2.75) is 57.3 Å². The number of rotatable bonds is 2. The van der Waals surface area contributed by atoms with E-state index in [1.807, 2.05) is 0 Å². The summed E-state index contributed by atoms with van der Waals surface area (Å²) < 4.78 is 0. The lowest BCUT2D eigenvalue weighted by molar-refractivity contribution is 0.0514. The lowest BCUT2D eigenvalue weighted by Gasteiger charge is -2.29. The van der Waals surface area contributed by atoms with Crippen LogP contribution in [0.15, 0.2) is 11.8 Å². The summed E-state index contributed by atoms with van der Waals surface area (Å²) in [6.07, 6.45) is 7.68. The molecule has 0 bridgehead atoms. The molecule has 1 N–H and O–H groups in total. The summed E-state index contributed by atoms with van der Waals surface area (Å²) >= 11 is 0. The van der Waals surface area contributed by atoms with Crippen molar-refractivity contribution in [3.8, 4) is 0 Å². The molecule has 1 rings (SSSR count). The van der Waals surface area contributed by atoms with E-state index in [1.54, 1.807) is 0 Å². The molecule has 0 heterocycles. The molecule has 0 aromatic rings. The summed E-state index contributed by atoms with van der Waals surface area (Å²) in [5.74, 6) is 0. The number of hydrogen-bond donors (Lipinski definition) is 1. The highest BCUT2D eigenvalue weighted by atomic mass is 28.3. The van der Waals surface area contributed by atoms with Gasteiger partial charge in [-0.1, -0.05) is 50.7 Å². The zero-order valence-electron chi connectivity index (χ0n) is 9.14. The van der Waals surface area contributed by atoms with Gasteiger partial charge in [0.05, 0.1) is 13.7 Å². The first kappa shape index (κ1) is 11.0. The van der Waals surface area contributed by atoms with E-state index in [1.165, 1.54) is 19.3 Å². The van der Waals surface area contributed by atoms with Crippen molar-refractivity contribution >= 4 is 8.07 Å². The average molecular weight is 198 g/mol. The quantitative estimate of drug-likeness (QED) is 0.676. The van der Waals surface area contributed by atoms with Gasteiger partial charge in [-0.05, 0) is 12.8 Å². The Balaban J connectivity index is 2.55. The molecule has 1 nitrogen and oxygen atoms in total. The van der Waals surface area contributed by atoms with Crippen LogP contribution in [0, 0.1) is 0 Å². The van der Waals surface area contributed by atoms with Crippen LogP contribution in [0.1, 0.15) is 32.1 Å². The molecule has 0 saturated heterocycles. The zero-order valence-corrected chi connectivity index (χ0v) is 10.1. The van der Waals surface area contributed by atoms with E-state index >= 15 is 0 Å². The van der Waals surface area contributed by atoms with E-state index in [-0.39, 0.29) is 0 Å². The van der Waals surface area contributed by atoms with E-state index in [9.17, 15) is 5.11 Å². The fourth-order valence-corrected chi connectivity index (χ4v) is 2.55. The van der Waals surface area contributed by atoms with Crippen LogP contribution in [0.3, 0.4) is 0 Å². The van der Waals surface area contributed by atoms with Crippen LogP contribution in [-0.2, 0) is 0 Å². The first-order chi connectivity index (χ1) is 5.91. The summed E-state index contributed by atoms with van der Waals surface area (Å²) in [5.41, 5.74) is 1.82. The molecular formula is C11H22OSi. The largest absolute Gasteiger partial charge is 0.386 e. The van der Waals surface area contributed by atoms with Crippen LogP contribution in [0.5, 0.6) is 0 Å². The molecule has 1 saturated carbocycles. The Kier molecular flexibility index (Phi) is 3.36. The first-order valence-corrected chi connectivity index (χ1v) is 8.92. The van der Waals surface area contributed by atoms with Gasteiger partial charge in [0, 0.05) is 0 Å². The first-order valence-electron chi connectivity index (χ1n) is 5.34. The van der Waals surface area contributed by atoms with Crippen molar-refractivity contribution in [2.75, 3.05) is 0 Å². The van der Waals surface area contributed by atoms with E-state index < -0.39 is 13.7 Å². The maximum Gasteiger partial charge on any atom is 0.0824 e. The predicted molar refractivity (Wildman–Crippen MR) is 60.5 cm³/mol. The van der Waals surface area contributed by atoms with Crippen molar-refractivity contribution in [3.05, 3.63) is 11.8 Å². The summed E-state index contributed by atoms with van der Waals surface area (Å²) in [6.45, 7) is 6.90. The van der Waals surface area contributed by atoms with E-state index in [0.29, 0.717) is 0 Å². The molecule has 76 valence electrons. The van der Waals surface area contributed by atoms with Gasteiger partial charge in [-0.3, -0.25) is 0 Å². The molecule has 0 unspecified atom stereocenters. The highest BCUT2D eigenvalue weighted by Gasteiger charge is 2.26. The molecule has 2 heteroatoms. The van der Waals surface area contributed by atoms with Crippen LogP contribution in [0.25, 0.3) is 0 Å². The van der Waals surface area contributed by atoms with E-state index in [2.05, 4.69) is 31.4 Å². The number of aliphatic hydroxyl groups is 1. The number of hydrogen-bond acceptors (Lipinski definition) is 1. The Morgan fingerprint density at radius 3 is 2.08 bits per heavy atom. The van der Waals surface area contributed by atoms with Crippen molar-refractivity contribution in [2.24, 2.45) is 0 Å². The molecule has 13 heavy (non-hydrogen) atoms. The Morgan fingerprint density at radius 1 is 1.08 bits per heavy atom. The van der Waals surface area contributed by atoms with Crippen LogP contribution < -0.4 is 0 Å². The van der Waals surface area contributed by atoms with Crippen LogP contribution >= 0.6 is 0 Å². The van der Waals surface area contributed by atoms with Gasteiger partial charge < -0.3 is 5.11 Å². The maximum absolute atomic E-state index is 10.2. The molecule has 0 spiro atoms. The van der Waals surface area contributed by atoms with Gasteiger partial charge in [0.25, 0.3) is 0 Å². The fraction of sp³-hybridized carbons (Fsp3) is 0.818. The SMILES string of the molecule is C[Si](C)(C)C=CC1(O)CCCCC1. The summed E-state index contributed by atoms with van der Waals surface area (Å²) in [5, 5.41) is 10.2. The Hall–Kier alpha value is -0.0831. The molecule has 0 radical (unpaired) electrons. The molecule has 0 amide bonds. The summed E-state index contributed by atoms with van der Waals surface area (Å²) in [6, 6.07) is 0. The fourth-order valence-electron chi connectivity index (χ4n) is 1.74.